The molecule has 23 heavy (non-hydrogen) atoms. The van der Waals surface area contributed by atoms with Crippen LogP contribution >= 0.6 is 22.9 Å². The van der Waals surface area contributed by atoms with Gasteiger partial charge in [0.1, 0.15) is 10.7 Å². The largest absolute Gasteiger partial charge is 0.347 e. The van der Waals surface area contributed by atoms with Gasteiger partial charge in [-0.2, -0.15) is 0 Å². The van der Waals surface area contributed by atoms with E-state index in [1.165, 1.54) is 11.3 Å². The van der Waals surface area contributed by atoms with Gasteiger partial charge in [0.05, 0.1) is 0 Å². The third kappa shape index (κ3) is 2.96. The highest BCUT2D eigenvalue weighted by atomic mass is 35.5. The van der Waals surface area contributed by atoms with E-state index in [1.54, 1.807) is 0 Å². The van der Waals surface area contributed by atoms with Crippen molar-refractivity contribution in [2.24, 2.45) is 0 Å². The van der Waals surface area contributed by atoms with Crippen LogP contribution in [0.15, 0.2) is 24.3 Å². The summed E-state index contributed by atoms with van der Waals surface area (Å²) < 4.78 is 1.96. The molecule has 2 aromatic heterocycles. The van der Waals surface area contributed by atoms with Crippen LogP contribution in [0.2, 0.25) is 5.02 Å². The fourth-order valence-corrected chi connectivity index (χ4v) is 3.60. The minimum absolute atomic E-state index is 0.118. The van der Waals surface area contributed by atoms with Crippen molar-refractivity contribution in [3.63, 3.8) is 0 Å². The molecule has 0 saturated heterocycles. The van der Waals surface area contributed by atoms with Crippen molar-refractivity contribution in [2.75, 3.05) is 0 Å². The Labute approximate surface area is 143 Å². The van der Waals surface area contributed by atoms with E-state index in [4.69, 9.17) is 11.6 Å². The number of nitrogens with one attached hydrogen (secondary N) is 1. The number of rotatable bonds is 4. The normalized spacial score (nSPS) is 11.3. The summed E-state index contributed by atoms with van der Waals surface area (Å²) in [6, 6.07) is 7.48. The molecule has 1 aromatic carbocycles. The Kier molecular flexibility index (Phi) is 4.37. The molecule has 0 atom stereocenters. The summed E-state index contributed by atoms with van der Waals surface area (Å²) in [6.07, 6.45) is 0. The Morgan fingerprint density at radius 2 is 2.09 bits per heavy atom. The van der Waals surface area contributed by atoms with Gasteiger partial charge in [0.2, 0.25) is 4.96 Å². The number of carbonyl (C=O) groups excluding carboxylic acids is 1. The number of halogens is 1. The van der Waals surface area contributed by atoms with Crippen molar-refractivity contribution >= 4 is 33.8 Å². The predicted molar refractivity (Wildman–Crippen MR) is 92.3 cm³/mol. The number of benzene rings is 1. The van der Waals surface area contributed by atoms with Crippen molar-refractivity contribution in [1.29, 1.82) is 0 Å². The molecule has 0 aliphatic carbocycles. The van der Waals surface area contributed by atoms with E-state index in [9.17, 15) is 4.79 Å². The van der Waals surface area contributed by atoms with E-state index < -0.39 is 0 Å². The maximum absolute atomic E-state index is 12.5. The molecule has 7 heteroatoms. The Morgan fingerprint density at radius 3 is 2.78 bits per heavy atom. The standard InChI is InChI=1S/C16H17ClN4OS/c1-9(2)14-19-20-16-21(14)10(3)13(23-16)15(22)18-8-11-6-4-5-7-12(11)17/h4-7,9H,8H2,1-3H3,(H,18,22). The Hall–Kier alpha value is -1.92. The molecular formula is C16H17ClN4OS. The van der Waals surface area contributed by atoms with E-state index in [0.29, 0.717) is 16.4 Å². The molecule has 2 heterocycles. The Bertz CT molecular complexity index is 868. The van der Waals surface area contributed by atoms with Crippen LogP contribution in [0.5, 0.6) is 0 Å². The molecule has 1 amide bonds. The van der Waals surface area contributed by atoms with Crippen LogP contribution in [0.3, 0.4) is 0 Å². The molecule has 5 nitrogen and oxygen atoms in total. The molecule has 0 aliphatic rings. The quantitative estimate of drug-likeness (QED) is 0.780. The Balaban J connectivity index is 1.84. The van der Waals surface area contributed by atoms with Crippen molar-refractivity contribution < 1.29 is 4.79 Å². The molecule has 3 aromatic rings. The molecule has 0 aliphatic heterocycles. The third-order valence-corrected chi connectivity index (χ3v) is 5.14. The lowest BCUT2D eigenvalue weighted by atomic mass is 10.2. The first-order valence-electron chi connectivity index (χ1n) is 7.35. The van der Waals surface area contributed by atoms with E-state index in [0.717, 1.165) is 22.0 Å². The van der Waals surface area contributed by atoms with E-state index in [1.807, 2.05) is 35.6 Å². The number of carbonyl (C=O) groups is 1. The van der Waals surface area contributed by atoms with Gasteiger partial charge in [-0.25, -0.2) is 0 Å². The van der Waals surface area contributed by atoms with Gasteiger partial charge in [-0.05, 0) is 18.6 Å². The molecule has 3 rings (SSSR count). The highest BCUT2D eigenvalue weighted by molar-refractivity contribution is 7.19. The monoisotopic (exact) mass is 348 g/mol. The molecule has 0 saturated carbocycles. The van der Waals surface area contributed by atoms with Gasteiger partial charge in [0.15, 0.2) is 0 Å². The number of aryl methyl sites for hydroxylation is 1. The first kappa shape index (κ1) is 16.0. The third-order valence-electron chi connectivity index (χ3n) is 3.64. The smallest absolute Gasteiger partial charge is 0.263 e. The number of nitrogens with zero attached hydrogens (tertiary/aromatic N) is 3. The Morgan fingerprint density at radius 1 is 1.35 bits per heavy atom. The summed E-state index contributed by atoms with van der Waals surface area (Å²) in [7, 11) is 0. The number of thiazole rings is 1. The number of hydrogen-bond acceptors (Lipinski definition) is 4. The van der Waals surface area contributed by atoms with Crippen LogP contribution in [0.25, 0.3) is 4.96 Å². The maximum Gasteiger partial charge on any atom is 0.263 e. The SMILES string of the molecule is Cc1c(C(=O)NCc2ccccc2Cl)sc2nnc(C(C)C)n12. The maximum atomic E-state index is 12.5. The minimum Gasteiger partial charge on any atom is -0.347 e. The average Bonchev–Trinajstić information content (AvgIpc) is 3.07. The molecule has 0 bridgehead atoms. The van der Waals surface area contributed by atoms with Crippen LogP contribution in [-0.2, 0) is 6.54 Å². The second-order valence-corrected chi connectivity index (χ2v) is 7.01. The topological polar surface area (TPSA) is 59.3 Å². The van der Waals surface area contributed by atoms with Crippen LogP contribution in [0.4, 0.5) is 0 Å². The summed E-state index contributed by atoms with van der Waals surface area (Å²) in [5, 5.41) is 11.9. The second kappa shape index (κ2) is 6.29. The molecule has 0 unspecified atom stereocenters. The van der Waals surface area contributed by atoms with E-state index >= 15 is 0 Å². The van der Waals surface area contributed by atoms with Crippen molar-refractivity contribution in [2.45, 2.75) is 33.2 Å². The van der Waals surface area contributed by atoms with E-state index in [-0.39, 0.29) is 11.8 Å². The molecule has 0 spiro atoms. The summed E-state index contributed by atoms with van der Waals surface area (Å²) in [4.78, 5) is 13.9. The summed E-state index contributed by atoms with van der Waals surface area (Å²) in [6.45, 7) is 6.44. The predicted octanol–water partition coefficient (Wildman–Crippen LogP) is 3.81. The lowest BCUT2D eigenvalue weighted by molar-refractivity contribution is 0.0954. The zero-order valence-electron chi connectivity index (χ0n) is 13.1. The molecule has 120 valence electrons. The molecule has 0 fully saturated rings. The molecule has 1 N–H and O–H groups in total. The number of amides is 1. The zero-order chi connectivity index (χ0) is 16.6. The van der Waals surface area contributed by atoms with Crippen molar-refractivity contribution in [3.05, 3.63) is 51.2 Å². The van der Waals surface area contributed by atoms with Gasteiger partial charge in [0.25, 0.3) is 5.91 Å². The van der Waals surface area contributed by atoms with Gasteiger partial charge in [0, 0.05) is 23.2 Å². The zero-order valence-corrected chi connectivity index (χ0v) is 14.7. The van der Waals surface area contributed by atoms with Crippen LogP contribution in [0, 0.1) is 6.92 Å². The second-order valence-electron chi connectivity index (χ2n) is 5.62. The van der Waals surface area contributed by atoms with Gasteiger partial charge >= 0.3 is 0 Å². The number of aromatic nitrogens is 3. The fraction of sp³-hybridized carbons (Fsp3) is 0.312. The van der Waals surface area contributed by atoms with Crippen molar-refractivity contribution in [1.82, 2.24) is 19.9 Å². The van der Waals surface area contributed by atoms with Gasteiger partial charge in [-0.15, -0.1) is 10.2 Å². The van der Waals surface area contributed by atoms with Gasteiger partial charge in [-0.1, -0.05) is 55.0 Å². The highest BCUT2D eigenvalue weighted by Gasteiger charge is 2.20. The first-order chi connectivity index (χ1) is 11.0. The lowest BCUT2D eigenvalue weighted by Crippen LogP contribution is -2.23. The lowest BCUT2D eigenvalue weighted by Gasteiger charge is -2.07. The summed E-state index contributed by atoms with van der Waals surface area (Å²) in [5.74, 6) is 1.00. The first-order valence-corrected chi connectivity index (χ1v) is 8.54. The van der Waals surface area contributed by atoms with Crippen molar-refractivity contribution in [3.8, 4) is 0 Å². The number of hydrogen-bond donors (Lipinski definition) is 1. The highest BCUT2D eigenvalue weighted by Crippen LogP contribution is 2.25. The average molecular weight is 349 g/mol. The summed E-state index contributed by atoms with van der Waals surface area (Å²) in [5.41, 5.74) is 1.77. The van der Waals surface area contributed by atoms with Crippen LogP contribution < -0.4 is 5.32 Å². The summed E-state index contributed by atoms with van der Waals surface area (Å²) >= 11 is 7.47. The van der Waals surface area contributed by atoms with Crippen LogP contribution in [0.1, 0.15) is 46.5 Å². The van der Waals surface area contributed by atoms with Gasteiger partial charge < -0.3 is 5.32 Å². The minimum atomic E-state index is -0.118. The fourth-order valence-electron chi connectivity index (χ4n) is 2.41. The molecule has 0 radical (unpaired) electrons. The van der Waals surface area contributed by atoms with Gasteiger partial charge in [-0.3, -0.25) is 9.20 Å². The van der Waals surface area contributed by atoms with E-state index in [2.05, 4.69) is 29.4 Å². The number of fused-ring (bicyclic) bond motifs is 1. The molecular weight excluding hydrogens is 332 g/mol. The van der Waals surface area contributed by atoms with Crippen LogP contribution in [-0.4, -0.2) is 20.5 Å².